The zero-order valence-electron chi connectivity index (χ0n) is 8.58. The van der Waals surface area contributed by atoms with Gasteiger partial charge in [0.1, 0.15) is 6.04 Å². The van der Waals surface area contributed by atoms with Crippen LogP contribution in [0.15, 0.2) is 29.6 Å². The second kappa shape index (κ2) is 6.39. The molecule has 1 atom stereocenters. The van der Waals surface area contributed by atoms with Gasteiger partial charge in [-0.15, -0.1) is 0 Å². The van der Waals surface area contributed by atoms with Gasteiger partial charge in [0.05, 0.1) is 0 Å². The third kappa shape index (κ3) is 3.56. The first-order valence-electron chi connectivity index (χ1n) is 4.69. The molecule has 0 aliphatic carbocycles. The molecule has 1 heterocycles. The molecule has 0 aromatic carbocycles. The summed E-state index contributed by atoms with van der Waals surface area (Å²) >= 11 is 0. The smallest absolute Gasteiger partial charge is 0.239 e. The van der Waals surface area contributed by atoms with Crippen LogP contribution in [0.25, 0.3) is 10.4 Å². The summed E-state index contributed by atoms with van der Waals surface area (Å²) in [7, 11) is 0. The minimum atomic E-state index is -0.609. The molecular weight excluding hydrogens is 208 g/mol. The summed E-state index contributed by atoms with van der Waals surface area (Å²) in [6, 6.07) is 2.87. The van der Waals surface area contributed by atoms with Gasteiger partial charge in [0.15, 0.2) is 0 Å². The van der Waals surface area contributed by atoms with Crippen LogP contribution >= 0.6 is 0 Å². The van der Waals surface area contributed by atoms with Crippen LogP contribution in [0.2, 0.25) is 0 Å². The lowest BCUT2D eigenvalue weighted by Crippen LogP contribution is -2.35. The first-order chi connectivity index (χ1) is 7.75. The highest BCUT2D eigenvalue weighted by Gasteiger charge is 2.16. The lowest BCUT2D eigenvalue weighted by atomic mass is 10.1. The molecule has 0 bridgehead atoms. The number of primary amides is 1. The lowest BCUT2D eigenvalue weighted by Gasteiger charge is -2.14. The van der Waals surface area contributed by atoms with Crippen LogP contribution < -0.4 is 11.1 Å². The molecule has 0 aliphatic heterocycles. The third-order valence-corrected chi connectivity index (χ3v) is 1.93. The van der Waals surface area contributed by atoms with Gasteiger partial charge in [0.25, 0.3) is 0 Å². The Morgan fingerprint density at radius 2 is 2.56 bits per heavy atom. The SMILES string of the molecule is [N-]=[N+]=NCCNC(C(N)=O)c1cccnc1. The van der Waals surface area contributed by atoms with Gasteiger partial charge in [0, 0.05) is 30.4 Å². The molecule has 84 valence electrons. The maximum absolute atomic E-state index is 11.2. The average molecular weight is 220 g/mol. The predicted octanol–water partition coefficient (Wildman–Crippen LogP) is 0.508. The maximum atomic E-state index is 11.2. The van der Waals surface area contributed by atoms with Gasteiger partial charge in [-0.05, 0) is 17.2 Å². The fraction of sp³-hybridized carbons (Fsp3) is 0.333. The quantitative estimate of drug-likeness (QED) is 0.314. The van der Waals surface area contributed by atoms with Crippen LogP contribution in [-0.4, -0.2) is 24.0 Å². The Morgan fingerprint density at radius 1 is 1.75 bits per heavy atom. The fourth-order valence-electron chi connectivity index (χ4n) is 1.23. The molecule has 3 N–H and O–H groups in total. The minimum absolute atomic E-state index is 0.264. The molecule has 1 amide bonds. The molecule has 16 heavy (non-hydrogen) atoms. The zero-order valence-corrected chi connectivity index (χ0v) is 8.58. The van der Waals surface area contributed by atoms with Crippen molar-refractivity contribution in [3.8, 4) is 0 Å². The van der Waals surface area contributed by atoms with Gasteiger partial charge in [-0.25, -0.2) is 0 Å². The molecule has 1 aromatic rings. The molecule has 0 spiro atoms. The van der Waals surface area contributed by atoms with Crippen molar-refractivity contribution in [2.45, 2.75) is 6.04 Å². The van der Waals surface area contributed by atoms with Crippen molar-refractivity contribution in [1.82, 2.24) is 10.3 Å². The van der Waals surface area contributed by atoms with E-state index in [4.69, 9.17) is 11.3 Å². The topological polar surface area (TPSA) is 117 Å². The van der Waals surface area contributed by atoms with E-state index in [1.54, 1.807) is 24.5 Å². The minimum Gasteiger partial charge on any atom is -0.368 e. The fourth-order valence-corrected chi connectivity index (χ4v) is 1.23. The van der Waals surface area contributed by atoms with Crippen molar-refractivity contribution in [2.24, 2.45) is 10.8 Å². The van der Waals surface area contributed by atoms with Crippen molar-refractivity contribution in [3.63, 3.8) is 0 Å². The molecule has 0 radical (unpaired) electrons. The van der Waals surface area contributed by atoms with Crippen LogP contribution in [0.3, 0.4) is 0 Å². The predicted molar refractivity (Wildman–Crippen MR) is 58.2 cm³/mol. The van der Waals surface area contributed by atoms with Crippen LogP contribution in [-0.2, 0) is 4.79 Å². The van der Waals surface area contributed by atoms with E-state index in [9.17, 15) is 4.79 Å². The van der Waals surface area contributed by atoms with E-state index in [0.29, 0.717) is 12.1 Å². The molecule has 1 rings (SSSR count). The van der Waals surface area contributed by atoms with Crippen molar-refractivity contribution in [2.75, 3.05) is 13.1 Å². The number of hydrogen-bond donors (Lipinski definition) is 2. The molecule has 7 nitrogen and oxygen atoms in total. The summed E-state index contributed by atoms with van der Waals surface area (Å²) in [5.41, 5.74) is 14.0. The summed E-state index contributed by atoms with van der Waals surface area (Å²) in [6.07, 6.45) is 3.18. The average Bonchev–Trinajstić information content (AvgIpc) is 2.30. The van der Waals surface area contributed by atoms with Gasteiger partial charge in [-0.1, -0.05) is 11.2 Å². The van der Waals surface area contributed by atoms with Crippen LogP contribution in [0, 0.1) is 0 Å². The molecule has 0 saturated carbocycles. The van der Waals surface area contributed by atoms with Crippen LogP contribution in [0.4, 0.5) is 0 Å². The highest BCUT2D eigenvalue weighted by molar-refractivity contribution is 5.81. The summed E-state index contributed by atoms with van der Waals surface area (Å²) in [6.45, 7) is 0.646. The van der Waals surface area contributed by atoms with Crippen molar-refractivity contribution in [1.29, 1.82) is 0 Å². The maximum Gasteiger partial charge on any atom is 0.239 e. The zero-order chi connectivity index (χ0) is 11.8. The van der Waals surface area contributed by atoms with Gasteiger partial charge >= 0.3 is 0 Å². The first-order valence-corrected chi connectivity index (χ1v) is 4.69. The van der Waals surface area contributed by atoms with Gasteiger partial charge < -0.3 is 11.1 Å². The van der Waals surface area contributed by atoms with Crippen molar-refractivity contribution < 1.29 is 4.79 Å². The Hall–Kier alpha value is -2.11. The van der Waals surface area contributed by atoms with Gasteiger partial charge in [0.2, 0.25) is 5.91 Å². The molecule has 0 fully saturated rings. The van der Waals surface area contributed by atoms with Crippen LogP contribution in [0.1, 0.15) is 11.6 Å². The number of nitrogens with one attached hydrogen (secondary N) is 1. The van der Waals surface area contributed by atoms with E-state index in [1.807, 2.05) is 0 Å². The molecular formula is C9H12N6O. The largest absolute Gasteiger partial charge is 0.368 e. The summed E-state index contributed by atoms with van der Waals surface area (Å²) in [5, 5.41) is 6.24. The van der Waals surface area contributed by atoms with Crippen molar-refractivity contribution in [3.05, 3.63) is 40.5 Å². The number of carbonyl (C=O) groups excluding carboxylic acids is 1. The lowest BCUT2D eigenvalue weighted by molar-refractivity contribution is -0.120. The number of rotatable bonds is 6. The van der Waals surface area contributed by atoms with E-state index >= 15 is 0 Å². The number of aromatic nitrogens is 1. The highest BCUT2D eigenvalue weighted by Crippen LogP contribution is 2.09. The first kappa shape index (κ1) is 12.0. The number of pyridine rings is 1. The Balaban J connectivity index is 2.62. The number of carbonyl (C=O) groups is 1. The number of azide groups is 1. The number of hydrogen-bond acceptors (Lipinski definition) is 4. The summed E-state index contributed by atoms with van der Waals surface area (Å²) in [4.78, 5) is 17.7. The number of amides is 1. The van der Waals surface area contributed by atoms with E-state index in [-0.39, 0.29) is 6.54 Å². The highest BCUT2D eigenvalue weighted by atomic mass is 16.1. The number of nitrogens with zero attached hydrogens (tertiary/aromatic N) is 4. The Morgan fingerprint density at radius 3 is 3.12 bits per heavy atom. The second-order valence-corrected chi connectivity index (χ2v) is 3.03. The second-order valence-electron chi connectivity index (χ2n) is 3.03. The Bertz CT molecular complexity index is 386. The van der Waals surface area contributed by atoms with Crippen molar-refractivity contribution >= 4 is 5.91 Å². The molecule has 1 unspecified atom stereocenters. The third-order valence-electron chi connectivity index (χ3n) is 1.93. The van der Waals surface area contributed by atoms with Gasteiger partial charge in [-0.2, -0.15) is 0 Å². The molecule has 7 heteroatoms. The Kier molecular flexibility index (Phi) is 4.78. The van der Waals surface area contributed by atoms with E-state index in [1.165, 1.54) is 0 Å². The van der Waals surface area contributed by atoms with Gasteiger partial charge in [-0.3, -0.25) is 9.78 Å². The normalized spacial score (nSPS) is 11.5. The standard InChI is InChI=1S/C9H12N6O/c10-9(16)8(13-4-5-14-15-11)7-2-1-3-12-6-7/h1-3,6,8,13H,4-5H2,(H2,10,16). The molecule has 1 aromatic heterocycles. The monoisotopic (exact) mass is 220 g/mol. The summed E-state index contributed by atoms with van der Waals surface area (Å²) in [5.74, 6) is -0.492. The van der Waals surface area contributed by atoms with E-state index in [0.717, 1.165) is 0 Å². The van der Waals surface area contributed by atoms with E-state index in [2.05, 4.69) is 20.3 Å². The number of nitrogens with two attached hydrogens (primary N) is 1. The summed E-state index contributed by atoms with van der Waals surface area (Å²) < 4.78 is 0. The molecule has 0 saturated heterocycles. The Labute approximate surface area is 92.3 Å². The van der Waals surface area contributed by atoms with E-state index < -0.39 is 11.9 Å². The van der Waals surface area contributed by atoms with Crippen LogP contribution in [0.5, 0.6) is 0 Å². The molecule has 0 aliphatic rings.